The summed E-state index contributed by atoms with van der Waals surface area (Å²) in [6, 6.07) is 12.8. The fraction of sp³-hybridized carbons (Fsp3) is 0.136. The van der Waals surface area contributed by atoms with Crippen LogP contribution in [-0.4, -0.2) is 27.3 Å². The van der Waals surface area contributed by atoms with Crippen LogP contribution in [0.4, 0.5) is 21.8 Å². The van der Waals surface area contributed by atoms with Crippen LogP contribution in [0.25, 0.3) is 11.1 Å². The monoisotopic (exact) mass is 402 g/mol. The molecule has 0 radical (unpaired) electrons. The van der Waals surface area contributed by atoms with Gasteiger partial charge in [-0.15, -0.1) is 0 Å². The van der Waals surface area contributed by atoms with Gasteiger partial charge in [-0.3, -0.25) is 5.10 Å². The lowest BCUT2D eigenvalue weighted by Gasteiger charge is -2.16. The van der Waals surface area contributed by atoms with Crippen LogP contribution in [0.1, 0.15) is 11.1 Å². The molecular formula is C22H19FN6O. The molecule has 0 amide bonds. The summed E-state index contributed by atoms with van der Waals surface area (Å²) in [5.41, 5.74) is 4.34. The summed E-state index contributed by atoms with van der Waals surface area (Å²) in [6.07, 6.45) is 5.05. The zero-order chi connectivity index (χ0) is 20.5. The Balaban J connectivity index is 1.35. The van der Waals surface area contributed by atoms with E-state index >= 15 is 0 Å². The molecule has 0 bridgehead atoms. The van der Waals surface area contributed by atoms with Gasteiger partial charge in [-0.2, -0.15) is 10.1 Å². The molecule has 5 rings (SSSR count). The minimum Gasteiger partial charge on any atom is -0.497 e. The molecule has 30 heavy (non-hydrogen) atoms. The van der Waals surface area contributed by atoms with E-state index in [0.29, 0.717) is 24.0 Å². The van der Waals surface area contributed by atoms with Gasteiger partial charge in [-0.25, -0.2) is 9.37 Å². The Bertz CT molecular complexity index is 1190. The molecule has 0 atom stereocenters. The molecule has 2 aromatic heterocycles. The van der Waals surface area contributed by atoms with E-state index < -0.39 is 0 Å². The molecule has 3 heterocycles. The number of hydrogen-bond donors (Lipinski definition) is 2. The molecule has 0 spiro atoms. The molecule has 0 unspecified atom stereocenters. The predicted molar refractivity (Wildman–Crippen MR) is 112 cm³/mol. The van der Waals surface area contributed by atoms with Crippen LogP contribution in [0.2, 0.25) is 0 Å². The molecule has 150 valence electrons. The first-order chi connectivity index (χ1) is 14.7. The van der Waals surface area contributed by atoms with Crippen molar-refractivity contribution in [2.45, 2.75) is 13.1 Å². The van der Waals surface area contributed by atoms with Crippen LogP contribution in [-0.2, 0) is 13.1 Å². The van der Waals surface area contributed by atoms with E-state index in [1.807, 2.05) is 18.2 Å². The van der Waals surface area contributed by atoms with Crippen LogP contribution >= 0.6 is 0 Å². The fourth-order valence-electron chi connectivity index (χ4n) is 3.55. The number of benzene rings is 2. The molecular weight excluding hydrogens is 383 g/mol. The van der Waals surface area contributed by atoms with E-state index in [9.17, 15) is 4.39 Å². The van der Waals surface area contributed by atoms with Gasteiger partial charge in [0.25, 0.3) is 0 Å². The number of ether oxygens (including phenoxy) is 1. The minimum atomic E-state index is -0.366. The van der Waals surface area contributed by atoms with Crippen LogP contribution in [0.15, 0.2) is 61.1 Å². The van der Waals surface area contributed by atoms with Crippen LogP contribution in [0, 0.1) is 5.82 Å². The highest BCUT2D eigenvalue weighted by atomic mass is 19.1. The van der Waals surface area contributed by atoms with Crippen LogP contribution in [0.5, 0.6) is 5.75 Å². The first-order valence-electron chi connectivity index (χ1n) is 9.49. The highest BCUT2D eigenvalue weighted by Gasteiger charge is 2.22. The number of methoxy groups -OCH3 is 1. The number of nitrogens with one attached hydrogen (secondary N) is 2. The van der Waals surface area contributed by atoms with E-state index in [0.717, 1.165) is 23.4 Å². The predicted octanol–water partition coefficient (Wildman–Crippen LogP) is 4.28. The SMILES string of the molecule is COc1ccc2c(c1)CN(c1nccc(Nc3ccc(-c4cn[nH]c4)cc3F)n1)C2. The molecule has 0 saturated carbocycles. The quantitative estimate of drug-likeness (QED) is 0.519. The zero-order valence-corrected chi connectivity index (χ0v) is 16.3. The topological polar surface area (TPSA) is 79.0 Å². The zero-order valence-electron chi connectivity index (χ0n) is 16.3. The number of aromatic amines is 1. The molecule has 1 aliphatic heterocycles. The summed E-state index contributed by atoms with van der Waals surface area (Å²) in [4.78, 5) is 11.1. The van der Waals surface area contributed by atoms with Gasteiger partial charge in [0.15, 0.2) is 0 Å². The third kappa shape index (κ3) is 3.43. The average Bonchev–Trinajstić information content (AvgIpc) is 3.45. The Morgan fingerprint density at radius 3 is 2.77 bits per heavy atom. The Hall–Kier alpha value is -3.94. The van der Waals surface area contributed by atoms with Crippen molar-refractivity contribution in [2.75, 3.05) is 17.3 Å². The number of aromatic nitrogens is 4. The summed E-state index contributed by atoms with van der Waals surface area (Å²) >= 11 is 0. The Morgan fingerprint density at radius 2 is 1.97 bits per heavy atom. The summed E-state index contributed by atoms with van der Waals surface area (Å²) in [5.74, 6) is 1.59. The van der Waals surface area contributed by atoms with E-state index in [2.05, 4.69) is 36.4 Å². The molecule has 2 N–H and O–H groups in total. The molecule has 0 aliphatic carbocycles. The van der Waals surface area contributed by atoms with Crippen molar-refractivity contribution in [3.63, 3.8) is 0 Å². The molecule has 0 saturated heterocycles. The summed E-state index contributed by atoms with van der Waals surface area (Å²) in [6.45, 7) is 1.42. The van der Waals surface area contributed by atoms with Crippen molar-refractivity contribution >= 4 is 17.5 Å². The number of rotatable bonds is 5. The van der Waals surface area contributed by atoms with Crippen molar-refractivity contribution in [1.82, 2.24) is 20.2 Å². The van der Waals surface area contributed by atoms with Gasteiger partial charge in [0, 0.05) is 31.0 Å². The Labute approximate surface area is 172 Å². The Kier molecular flexibility index (Phi) is 4.51. The first kappa shape index (κ1) is 18.1. The fourth-order valence-corrected chi connectivity index (χ4v) is 3.55. The number of anilines is 3. The standard InChI is InChI=1S/C22H19FN6O/c1-30-18-4-2-15-12-29(13-16(15)8-18)22-24-7-6-21(28-22)27-20-5-3-14(9-19(20)23)17-10-25-26-11-17/h2-11H,12-13H2,1H3,(H,25,26)(H,24,27,28). The molecule has 4 aromatic rings. The van der Waals surface area contributed by atoms with E-state index in [1.54, 1.807) is 37.8 Å². The highest BCUT2D eigenvalue weighted by molar-refractivity contribution is 5.67. The smallest absolute Gasteiger partial charge is 0.227 e. The van der Waals surface area contributed by atoms with Gasteiger partial charge < -0.3 is 15.0 Å². The molecule has 7 nitrogen and oxygen atoms in total. The van der Waals surface area contributed by atoms with E-state index in [1.165, 1.54) is 17.2 Å². The number of nitrogens with zero attached hydrogens (tertiary/aromatic N) is 4. The lowest BCUT2D eigenvalue weighted by atomic mass is 10.1. The normalized spacial score (nSPS) is 12.7. The van der Waals surface area contributed by atoms with Crippen molar-refractivity contribution in [3.8, 4) is 16.9 Å². The number of fused-ring (bicyclic) bond motifs is 1. The van der Waals surface area contributed by atoms with Gasteiger partial charge in [0.05, 0.1) is 19.0 Å². The second-order valence-electron chi connectivity index (χ2n) is 7.04. The van der Waals surface area contributed by atoms with E-state index in [-0.39, 0.29) is 5.82 Å². The molecule has 1 aliphatic rings. The molecule has 0 fully saturated rings. The van der Waals surface area contributed by atoms with Crippen LogP contribution in [0.3, 0.4) is 0 Å². The van der Waals surface area contributed by atoms with Crippen molar-refractivity contribution < 1.29 is 9.13 Å². The first-order valence-corrected chi connectivity index (χ1v) is 9.49. The third-order valence-corrected chi connectivity index (χ3v) is 5.12. The summed E-state index contributed by atoms with van der Waals surface area (Å²) in [7, 11) is 1.66. The van der Waals surface area contributed by atoms with Crippen molar-refractivity contribution in [3.05, 3.63) is 78.0 Å². The second kappa shape index (κ2) is 7.47. The van der Waals surface area contributed by atoms with Gasteiger partial charge >= 0.3 is 0 Å². The number of halogens is 1. The summed E-state index contributed by atoms with van der Waals surface area (Å²) in [5, 5.41) is 9.68. The maximum atomic E-state index is 14.6. The lowest BCUT2D eigenvalue weighted by molar-refractivity contribution is 0.414. The van der Waals surface area contributed by atoms with Gasteiger partial charge in [0.1, 0.15) is 17.4 Å². The lowest BCUT2D eigenvalue weighted by Crippen LogP contribution is -2.17. The van der Waals surface area contributed by atoms with Gasteiger partial charge in [0.2, 0.25) is 5.95 Å². The molecule has 2 aromatic carbocycles. The minimum absolute atomic E-state index is 0.348. The number of H-pyrrole nitrogens is 1. The van der Waals surface area contributed by atoms with Gasteiger partial charge in [-0.1, -0.05) is 12.1 Å². The Morgan fingerprint density at radius 1 is 1.07 bits per heavy atom. The molecule has 8 heteroatoms. The third-order valence-electron chi connectivity index (χ3n) is 5.12. The highest BCUT2D eigenvalue weighted by Crippen LogP contribution is 2.30. The van der Waals surface area contributed by atoms with E-state index in [4.69, 9.17) is 4.74 Å². The largest absolute Gasteiger partial charge is 0.497 e. The van der Waals surface area contributed by atoms with Crippen LogP contribution < -0.4 is 15.0 Å². The average molecular weight is 402 g/mol. The summed E-state index contributed by atoms with van der Waals surface area (Å²) < 4.78 is 19.9. The second-order valence-corrected chi connectivity index (χ2v) is 7.04. The maximum Gasteiger partial charge on any atom is 0.227 e. The van der Waals surface area contributed by atoms with Crippen molar-refractivity contribution in [2.24, 2.45) is 0 Å². The number of hydrogen-bond acceptors (Lipinski definition) is 6. The maximum absolute atomic E-state index is 14.6. The van der Waals surface area contributed by atoms with Crippen molar-refractivity contribution in [1.29, 1.82) is 0 Å². The van der Waals surface area contributed by atoms with Gasteiger partial charge in [-0.05, 0) is 47.0 Å².